The van der Waals surface area contributed by atoms with E-state index in [1.807, 2.05) is 6.08 Å². The van der Waals surface area contributed by atoms with Crippen molar-refractivity contribution >= 4 is 5.91 Å². The Morgan fingerprint density at radius 1 is 1.28 bits per heavy atom. The van der Waals surface area contributed by atoms with E-state index in [1.165, 1.54) is 31.3 Å². The summed E-state index contributed by atoms with van der Waals surface area (Å²) >= 11 is 0. The van der Waals surface area contributed by atoms with E-state index in [9.17, 15) is 10.1 Å². The maximum atomic E-state index is 12.3. The number of likely N-dealkylation sites (N-methyl/N-ethyl adjacent to an activating group) is 1. The minimum Gasteiger partial charge on any atom is -0.323 e. The predicted octanol–water partition coefficient (Wildman–Crippen LogP) is 2.64. The number of carbonyl (C=O) groups is 1. The largest absolute Gasteiger partial charge is 0.323 e. The van der Waals surface area contributed by atoms with Crippen molar-refractivity contribution < 1.29 is 4.79 Å². The van der Waals surface area contributed by atoms with Crippen LogP contribution in [0.2, 0.25) is 0 Å². The van der Waals surface area contributed by atoms with Gasteiger partial charge in [0.25, 0.3) is 0 Å². The Morgan fingerprint density at radius 3 is 2.17 bits per heavy atom. The summed E-state index contributed by atoms with van der Waals surface area (Å²) in [6.07, 6.45) is 9.60. The molecule has 3 rings (SSSR count). The Morgan fingerprint density at radius 2 is 1.83 bits per heavy atom. The van der Waals surface area contributed by atoms with Crippen LogP contribution in [0.4, 0.5) is 0 Å². The molecule has 3 aliphatic carbocycles. The molecule has 0 N–H and O–H groups in total. The van der Waals surface area contributed by atoms with Crippen molar-refractivity contribution in [3.8, 4) is 6.07 Å². The Balaban J connectivity index is 1.73. The predicted molar refractivity (Wildman–Crippen MR) is 68.5 cm³/mol. The number of hydrogen-bond donors (Lipinski definition) is 0. The molecular weight excluding hydrogens is 224 g/mol. The van der Waals surface area contributed by atoms with Gasteiger partial charge in [-0.2, -0.15) is 5.26 Å². The summed E-state index contributed by atoms with van der Waals surface area (Å²) in [6, 6.07) is 2.33. The van der Waals surface area contributed by atoms with Gasteiger partial charge in [-0.05, 0) is 56.8 Å². The van der Waals surface area contributed by atoms with Crippen molar-refractivity contribution in [1.29, 1.82) is 5.26 Å². The van der Waals surface area contributed by atoms with Crippen molar-refractivity contribution in [3.05, 3.63) is 11.6 Å². The molecule has 3 nitrogen and oxygen atoms in total. The van der Waals surface area contributed by atoms with Crippen LogP contribution in [0.15, 0.2) is 11.6 Å². The molecule has 0 saturated heterocycles. The number of carbonyl (C=O) groups excluding carboxylic acids is 1. The maximum absolute atomic E-state index is 12.3. The van der Waals surface area contributed by atoms with Crippen molar-refractivity contribution in [2.45, 2.75) is 50.5 Å². The van der Waals surface area contributed by atoms with Gasteiger partial charge in [0.15, 0.2) is 0 Å². The van der Waals surface area contributed by atoms with Crippen LogP contribution in [0, 0.1) is 23.2 Å². The number of nitriles is 1. The summed E-state index contributed by atoms with van der Waals surface area (Å²) in [4.78, 5) is 14.0. The van der Waals surface area contributed by atoms with Crippen LogP contribution in [0.5, 0.6) is 0 Å². The van der Waals surface area contributed by atoms with E-state index >= 15 is 0 Å². The zero-order chi connectivity index (χ0) is 12.8. The molecule has 0 heterocycles. The Labute approximate surface area is 108 Å². The van der Waals surface area contributed by atoms with Gasteiger partial charge in [-0.3, -0.25) is 4.79 Å². The van der Waals surface area contributed by atoms with Gasteiger partial charge in [-0.25, -0.2) is 0 Å². The summed E-state index contributed by atoms with van der Waals surface area (Å²) in [5.41, 5.74) is 0.866. The summed E-state index contributed by atoms with van der Waals surface area (Å²) < 4.78 is 0. The van der Waals surface area contributed by atoms with Crippen LogP contribution >= 0.6 is 0 Å². The fourth-order valence-electron chi connectivity index (χ4n) is 2.89. The van der Waals surface area contributed by atoms with Gasteiger partial charge in [-0.15, -0.1) is 0 Å². The molecule has 18 heavy (non-hydrogen) atoms. The first-order valence-electron chi connectivity index (χ1n) is 7.07. The minimum absolute atomic E-state index is 0.0463. The normalized spacial score (nSPS) is 24.7. The highest BCUT2D eigenvalue weighted by atomic mass is 16.2. The molecule has 3 heteroatoms. The molecule has 0 atom stereocenters. The summed E-state index contributed by atoms with van der Waals surface area (Å²) in [6.45, 7) is 0. The van der Waals surface area contributed by atoms with E-state index in [4.69, 9.17) is 0 Å². The molecule has 0 unspecified atom stereocenters. The number of rotatable bonds is 4. The quantitative estimate of drug-likeness (QED) is 0.713. The van der Waals surface area contributed by atoms with Gasteiger partial charge < -0.3 is 4.90 Å². The van der Waals surface area contributed by atoms with E-state index < -0.39 is 5.54 Å². The van der Waals surface area contributed by atoms with Crippen molar-refractivity contribution in [1.82, 2.24) is 4.90 Å². The average Bonchev–Trinajstić information content (AvgIpc) is 3.15. The van der Waals surface area contributed by atoms with Gasteiger partial charge in [0.2, 0.25) is 5.91 Å². The molecule has 96 valence electrons. The van der Waals surface area contributed by atoms with Crippen molar-refractivity contribution in [3.63, 3.8) is 0 Å². The highest BCUT2D eigenvalue weighted by molar-refractivity contribution is 5.89. The molecule has 0 aromatic carbocycles. The smallest absolute Gasteiger partial charge is 0.247 e. The molecule has 0 aromatic rings. The second-order valence-electron chi connectivity index (χ2n) is 6.09. The first kappa shape index (κ1) is 11.8. The molecule has 0 aromatic heterocycles. The van der Waals surface area contributed by atoms with Crippen LogP contribution < -0.4 is 0 Å². The summed E-state index contributed by atoms with van der Waals surface area (Å²) in [7, 11) is 1.79. The topological polar surface area (TPSA) is 44.1 Å². The van der Waals surface area contributed by atoms with E-state index in [1.54, 1.807) is 11.9 Å². The molecule has 3 fully saturated rings. The lowest BCUT2D eigenvalue weighted by Crippen LogP contribution is -2.52. The second-order valence-corrected chi connectivity index (χ2v) is 6.09. The molecule has 0 spiro atoms. The molecule has 0 bridgehead atoms. The van der Waals surface area contributed by atoms with Crippen LogP contribution in [0.25, 0.3) is 0 Å². The molecule has 3 saturated carbocycles. The van der Waals surface area contributed by atoms with E-state index in [-0.39, 0.29) is 5.91 Å². The SMILES string of the molecule is CN(C(=O)C=C(C1CC1)C1CC1)C1(C#N)CCC1. The summed E-state index contributed by atoms with van der Waals surface area (Å²) in [5.74, 6) is 1.40. The van der Waals surface area contributed by atoms with Gasteiger partial charge in [0.05, 0.1) is 6.07 Å². The lowest BCUT2D eigenvalue weighted by atomic mass is 9.76. The third kappa shape index (κ3) is 1.94. The van der Waals surface area contributed by atoms with Gasteiger partial charge >= 0.3 is 0 Å². The zero-order valence-electron chi connectivity index (χ0n) is 11.0. The summed E-state index contributed by atoms with van der Waals surface area (Å²) in [5, 5.41) is 9.27. The maximum Gasteiger partial charge on any atom is 0.247 e. The lowest BCUT2D eigenvalue weighted by Gasteiger charge is -2.42. The molecule has 0 radical (unpaired) electrons. The van der Waals surface area contributed by atoms with E-state index in [2.05, 4.69) is 6.07 Å². The van der Waals surface area contributed by atoms with Crippen molar-refractivity contribution in [2.24, 2.45) is 11.8 Å². The van der Waals surface area contributed by atoms with E-state index in [0.717, 1.165) is 19.3 Å². The van der Waals surface area contributed by atoms with Crippen LogP contribution in [-0.2, 0) is 4.79 Å². The Hall–Kier alpha value is -1.30. The number of nitrogens with zero attached hydrogens (tertiary/aromatic N) is 2. The van der Waals surface area contributed by atoms with Crippen LogP contribution in [0.3, 0.4) is 0 Å². The average molecular weight is 244 g/mol. The Kier molecular flexibility index (Phi) is 2.69. The van der Waals surface area contributed by atoms with Crippen molar-refractivity contribution in [2.75, 3.05) is 7.05 Å². The lowest BCUT2D eigenvalue weighted by molar-refractivity contribution is -0.131. The number of amides is 1. The second kappa shape index (κ2) is 4.12. The molecule has 0 aliphatic heterocycles. The fourth-order valence-corrected chi connectivity index (χ4v) is 2.89. The van der Waals surface area contributed by atoms with Gasteiger partial charge in [0.1, 0.15) is 5.54 Å². The Bertz CT molecular complexity index is 420. The highest BCUT2D eigenvalue weighted by Crippen LogP contribution is 2.49. The molecule has 3 aliphatic rings. The van der Waals surface area contributed by atoms with E-state index in [0.29, 0.717) is 11.8 Å². The van der Waals surface area contributed by atoms with Gasteiger partial charge in [0, 0.05) is 13.1 Å². The van der Waals surface area contributed by atoms with Crippen LogP contribution in [-0.4, -0.2) is 23.4 Å². The highest BCUT2D eigenvalue weighted by Gasteiger charge is 2.44. The third-order valence-corrected chi connectivity index (χ3v) is 4.75. The first-order valence-corrected chi connectivity index (χ1v) is 7.07. The third-order valence-electron chi connectivity index (χ3n) is 4.75. The molecule has 1 amide bonds. The van der Waals surface area contributed by atoms with Gasteiger partial charge in [-0.1, -0.05) is 5.57 Å². The fraction of sp³-hybridized carbons (Fsp3) is 0.733. The minimum atomic E-state index is -0.508. The molecular formula is C15H20N2O. The number of allylic oxidation sites excluding steroid dienone is 1. The standard InChI is InChI=1S/C15H20N2O/c1-17(15(10-16)7-2-8-15)14(18)9-13(11-3-4-11)12-5-6-12/h9,11-12H,2-8H2,1H3. The first-order chi connectivity index (χ1) is 8.66. The monoisotopic (exact) mass is 244 g/mol. The van der Waals surface area contributed by atoms with Crippen LogP contribution in [0.1, 0.15) is 44.9 Å². The number of hydrogen-bond acceptors (Lipinski definition) is 2. The zero-order valence-corrected chi connectivity index (χ0v) is 11.0.